The monoisotopic (exact) mass is 688 g/mol. The van der Waals surface area contributed by atoms with Crippen molar-refractivity contribution >= 4 is 54.7 Å². The van der Waals surface area contributed by atoms with Crippen LogP contribution in [0.5, 0.6) is 11.8 Å². The van der Waals surface area contributed by atoms with E-state index in [2.05, 4.69) is 15.9 Å². The fraction of sp³-hybridized carbons (Fsp3) is 0.406. The van der Waals surface area contributed by atoms with Crippen LogP contribution in [0.3, 0.4) is 0 Å². The molecule has 2 fully saturated rings. The number of nitrogen functional groups attached to an aromatic ring is 1. The molecule has 47 heavy (non-hydrogen) atoms. The molecule has 8 nitrogen and oxygen atoms in total. The van der Waals surface area contributed by atoms with Gasteiger partial charge in [0.05, 0.1) is 26.2 Å². The number of nitrogens with zero attached hydrogens (tertiary/aromatic N) is 5. The third-order valence-electron chi connectivity index (χ3n) is 9.19. The normalized spacial score (nSPS) is 22.4. The van der Waals surface area contributed by atoms with Crippen molar-refractivity contribution in [2.24, 2.45) is 0 Å². The molecule has 3 aliphatic heterocycles. The highest BCUT2D eigenvalue weighted by molar-refractivity contribution is 7.23. The molecule has 5 heterocycles. The Labute approximate surface area is 274 Å². The predicted molar refractivity (Wildman–Crippen MR) is 169 cm³/mol. The number of alkyl halides is 3. The second-order valence-corrected chi connectivity index (χ2v) is 13.3. The van der Waals surface area contributed by atoms with E-state index in [1.54, 1.807) is 0 Å². The van der Waals surface area contributed by atoms with Crippen LogP contribution in [0.1, 0.15) is 31.2 Å². The maximum atomic E-state index is 17.0. The molecule has 244 valence electrons. The average Bonchev–Trinajstić information content (AvgIpc) is 3.65. The molecule has 0 amide bonds. The molecule has 0 radical (unpaired) electrons. The number of hydrogen-bond donors (Lipinski definition) is 1. The third kappa shape index (κ3) is 5.05. The molecule has 2 aromatic heterocycles. The first-order chi connectivity index (χ1) is 22.6. The van der Waals surface area contributed by atoms with Crippen LogP contribution >= 0.6 is 22.9 Å². The first-order valence-electron chi connectivity index (χ1n) is 14.9. The first kappa shape index (κ1) is 31.5. The van der Waals surface area contributed by atoms with Crippen LogP contribution in [-0.4, -0.2) is 71.9 Å². The van der Waals surface area contributed by atoms with Crippen LogP contribution in [-0.2, 0) is 0 Å². The molecule has 7 rings (SSSR count). The molecule has 3 aliphatic rings. The fourth-order valence-corrected chi connectivity index (χ4v) is 8.36. The second-order valence-electron chi connectivity index (χ2n) is 11.9. The Morgan fingerprint density at radius 1 is 1.28 bits per heavy atom. The number of ether oxygens (including phenoxy) is 2. The van der Waals surface area contributed by atoms with Crippen LogP contribution in [0.4, 0.5) is 32.8 Å². The van der Waals surface area contributed by atoms with Crippen molar-refractivity contribution < 1.29 is 31.4 Å². The zero-order valence-corrected chi connectivity index (χ0v) is 26.2. The number of halogens is 6. The van der Waals surface area contributed by atoms with E-state index in [0.29, 0.717) is 13.0 Å². The van der Waals surface area contributed by atoms with Crippen molar-refractivity contribution in [2.75, 3.05) is 43.5 Å². The Morgan fingerprint density at radius 3 is 2.83 bits per heavy atom. The topological polar surface area (TPSA) is 101 Å². The van der Waals surface area contributed by atoms with Gasteiger partial charge in [-0.25, -0.2) is 22.0 Å². The van der Waals surface area contributed by atoms with Gasteiger partial charge in [0.25, 0.3) is 0 Å². The van der Waals surface area contributed by atoms with E-state index in [-0.39, 0.29) is 98.0 Å². The summed E-state index contributed by atoms with van der Waals surface area (Å²) in [5.74, 6) is 0.793. The van der Waals surface area contributed by atoms with Crippen LogP contribution in [0.25, 0.3) is 32.1 Å². The van der Waals surface area contributed by atoms with E-state index in [9.17, 15) is 22.8 Å². The summed E-state index contributed by atoms with van der Waals surface area (Å²) in [6.45, 7) is 0.508. The van der Waals surface area contributed by atoms with Gasteiger partial charge in [-0.1, -0.05) is 23.6 Å². The second kappa shape index (κ2) is 11.8. The molecule has 0 aliphatic carbocycles. The van der Waals surface area contributed by atoms with Crippen molar-refractivity contribution in [3.8, 4) is 41.3 Å². The standard InChI is InChI=1S/C32H26ClF5N6O2S/c1-2-16-13-45-27-23-26(25(38)22(24(27)33)17-4-5-19(35)28-21(17)18(11-39)29(40)47-28)41-31(42-30(23)44(16)9-6-20(36)37)46-14-32-7-3-8-43(32)12-15(34)10-32/h1,4-5,15-16,20H,3,6-10,12-14,40H2/t15-,16+,32+/m1/s1. The summed E-state index contributed by atoms with van der Waals surface area (Å²) in [7, 11) is 0. The van der Waals surface area contributed by atoms with Gasteiger partial charge in [-0.05, 0) is 31.0 Å². The van der Waals surface area contributed by atoms with Gasteiger partial charge in [-0.2, -0.15) is 15.2 Å². The SMILES string of the molecule is C#C[C@H]1COc2c(Cl)c(-c3ccc(F)c4sc(N)c(C#N)c34)c(F)c3nc(OC[C@@]45CCCN4C[C@H](F)C5)nc(c23)N1CCC(F)F. The quantitative estimate of drug-likeness (QED) is 0.169. The van der Waals surface area contributed by atoms with Crippen LogP contribution in [0.2, 0.25) is 5.02 Å². The molecule has 2 aromatic carbocycles. The Bertz CT molecular complexity index is 2010. The van der Waals surface area contributed by atoms with Crippen molar-refractivity contribution in [2.45, 2.75) is 49.9 Å². The van der Waals surface area contributed by atoms with Gasteiger partial charge < -0.3 is 20.1 Å². The van der Waals surface area contributed by atoms with Crippen LogP contribution in [0.15, 0.2) is 12.1 Å². The average molecular weight is 689 g/mol. The minimum atomic E-state index is -2.68. The smallest absolute Gasteiger partial charge is 0.319 e. The summed E-state index contributed by atoms with van der Waals surface area (Å²) in [5.41, 5.74) is 4.87. The first-order valence-corrected chi connectivity index (χ1v) is 16.1. The molecule has 2 saturated heterocycles. The maximum Gasteiger partial charge on any atom is 0.319 e. The van der Waals surface area contributed by atoms with Crippen molar-refractivity contribution in [1.29, 1.82) is 5.26 Å². The minimum Gasteiger partial charge on any atom is -0.488 e. The zero-order valence-electron chi connectivity index (χ0n) is 24.6. The lowest BCUT2D eigenvalue weighted by Crippen LogP contribution is -2.43. The maximum absolute atomic E-state index is 17.0. The van der Waals surface area contributed by atoms with E-state index in [4.69, 9.17) is 33.2 Å². The third-order valence-corrected chi connectivity index (χ3v) is 10.6. The molecule has 15 heteroatoms. The van der Waals surface area contributed by atoms with E-state index >= 15 is 4.39 Å². The number of rotatable bonds is 7. The lowest BCUT2D eigenvalue weighted by atomic mass is 9.95. The molecular weight excluding hydrogens is 663 g/mol. The van der Waals surface area contributed by atoms with E-state index in [0.717, 1.165) is 23.8 Å². The summed E-state index contributed by atoms with van der Waals surface area (Å²) in [5, 5.41) is 9.69. The Kier molecular flexibility index (Phi) is 7.94. The molecular formula is C32H26ClF5N6O2S. The highest BCUT2D eigenvalue weighted by Crippen LogP contribution is 2.51. The fourth-order valence-electron chi connectivity index (χ4n) is 7.07. The van der Waals surface area contributed by atoms with Crippen molar-refractivity contribution in [1.82, 2.24) is 14.9 Å². The molecule has 0 bridgehead atoms. The van der Waals surface area contributed by atoms with E-state index in [1.165, 1.54) is 11.0 Å². The van der Waals surface area contributed by atoms with Crippen molar-refractivity contribution in [3.63, 3.8) is 0 Å². The largest absolute Gasteiger partial charge is 0.488 e. The van der Waals surface area contributed by atoms with Gasteiger partial charge in [-0.3, -0.25) is 4.90 Å². The Balaban J connectivity index is 1.46. The lowest BCUT2D eigenvalue weighted by molar-refractivity contribution is 0.107. The number of fused-ring (bicyclic) bond motifs is 2. The van der Waals surface area contributed by atoms with E-state index < -0.39 is 42.2 Å². The van der Waals surface area contributed by atoms with Crippen molar-refractivity contribution in [3.05, 3.63) is 34.4 Å². The Morgan fingerprint density at radius 2 is 2.09 bits per heavy atom. The van der Waals surface area contributed by atoms with Gasteiger partial charge >= 0.3 is 6.01 Å². The van der Waals surface area contributed by atoms with Gasteiger partial charge in [0.1, 0.15) is 53.6 Å². The lowest BCUT2D eigenvalue weighted by Gasteiger charge is -2.31. The number of hydrogen-bond acceptors (Lipinski definition) is 9. The predicted octanol–water partition coefficient (Wildman–Crippen LogP) is 6.71. The number of thiophene rings is 1. The molecule has 0 spiro atoms. The number of aromatic nitrogens is 2. The number of benzene rings is 2. The summed E-state index contributed by atoms with van der Waals surface area (Å²) in [6, 6.07) is 3.16. The number of nitriles is 1. The summed E-state index contributed by atoms with van der Waals surface area (Å²) >= 11 is 7.73. The zero-order chi connectivity index (χ0) is 33.2. The Hall–Kier alpha value is -4.11. The molecule has 0 unspecified atom stereocenters. The van der Waals surface area contributed by atoms with Gasteiger partial charge in [-0.15, -0.1) is 17.8 Å². The number of anilines is 2. The summed E-state index contributed by atoms with van der Waals surface area (Å²) in [4.78, 5) is 12.4. The summed E-state index contributed by atoms with van der Waals surface area (Å²) < 4.78 is 85.5. The highest BCUT2D eigenvalue weighted by Gasteiger charge is 2.49. The summed E-state index contributed by atoms with van der Waals surface area (Å²) in [6.07, 6.45) is 3.33. The minimum absolute atomic E-state index is 0.0116. The van der Waals surface area contributed by atoms with Crippen LogP contribution < -0.4 is 20.1 Å². The van der Waals surface area contributed by atoms with Gasteiger partial charge in [0.15, 0.2) is 11.6 Å². The molecule has 2 N–H and O–H groups in total. The molecule has 3 atom stereocenters. The van der Waals surface area contributed by atoms with Crippen LogP contribution in [0, 0.1) is 35.3 Å². The van der Waals surface area contributed by atoms with Gasteiger partial charge in [0.2, 0.25) is 6.43 Å². The number of nitrogens with two attached hydrogens (primary N) is 1. The molecule has 4 aromatic rings. The highest BCUT2D eigenvalue weighted by atomic mass is 35.5. The molecule has 0 saturated carbocycles. The van der Waals surface area contributed by atoms with E-state index in [1.807, 2.05) is 11.0 Å². The number of terminal acetylenes is 1. The van der Waals surface area contributed by atoms with Gasteiger partial charge in [0, 0.05) is 36.9 Å².